The fourth-order valence-electron chi connectivity index (χ4n) is 1.80. The monoisotopic (exact) mass is 263 g/mol. The highest BCUT2D eigenvalue weighted by Crippen LogP contribution is 2.23. The second-order valence-corrected chi connectivity index (χ2v) is 5.18. The van der Waals surface area contributed by atoms with Crippen molar-refractivity contribution in [3.63, 3.8) is 0 Å². The number of hydrogen-bond acceptors (Lipinski definition) is 3. The van der Waals surface area contributed by atoms with E-state index in [0.29, 0.717) is 10.9 Å². The van der Waals surface area contributed by atoms with E-state index in [-0.39, 0.29) is 5.56 Å². The minimum absolute atomic E-state index is 0.138. The van der Waals surface area contributed by atoms with Gasteiger partial charge in [-0.2, -0.15) is 4.39 Å². The highest BCUT2D eigenvalue weighted by Gasteiger charge is 2.22. The number of carbonyl (C=O) groups excluding carboxylic acids is 2. The molecule has 0 aliphatic carbocycles. The van der Waals surface area contributed by atoms with E-state index in [2.05, 4.69) is 0 Å². The number of aromatic nitrogens is 1. The molecule has 0 aliphatic heterocycles. The maximum atomic E-state index is 13.0. The Morgan fingerprint density at radius 1 is 1.21 bits per heavy atom. The van der Waals surface area contributed by atoms with Crippen molar-refractivity contribution in [3.8, 4) is 0 Å². The van der Waals surface area contributed by atoms with E-state index in [1.165, 1.54) is 6.20 Å². The maximum Gasteiger partial charge on any atom is 0.419 e. The van der Waals surface area contributed by atoms with E-state index in [4.69, 9.17) is 4.74 Å². The zero-order valence-corrected chi connectivity index (χ0v) is 10.9. The summed E-state index contributed by atoms with van der Waals surface area (Å²) in [5.41, 5.74) is -0.360. The van der Waals surface area contributed by atoms with Crippen LogP contribution < -0.4 is 0 Å². The van der Waals surface area contributed by atoms with Gasteiger partial charge in [0.1, 0.15) is 5.60 Å². The predicted octanol–water partition coefficient (Wildman–Crippen LogP) is 3.53. The molecule has 0 bridgehead atoms. The zero-order valence-electron chi connectivity index (χ0n) is 10.9. The number of nitrogens with zero attached hydrogens (tertiary/aromatic N) is 1. The summed E-state index contributed by atoms with van der Waals surface area (Å²) in [5, 5.41) is 0.390. The molecule has 0 fully saturated rings. The fourth-order valence-corrected chi connectivity index (χ4v) is 1.80. The molecule has 0 atom stereocenters. The average molecular weight is 263 g/mol. The normalized spacial score (nSPS) is 11.6. The standard InChI is InChI=1S/C14H14FNO3/c1-14(2,3)19-13(18)16-8-10(12(15)17)9-6-4-5-7-11(9)16/h4-8H,1-3H3. The summed E-state index contributed by atoms with van der Waals surface area (Å²) < 4.78 is 19.3. The number of carbonyl (C=O) groups is 2. The Balaban J connectivity index is 2.55. The average Bonchev–Trinajstić information content (AvgIpc) is 2.66. The summed E-state index contributed by atoms with van der Waals surface area (Å²) in [7, 11) is 0. The van der Waals surface area contributed by atoms with Crippen LogP contribution in [0.2, 0.25) is 0 Å². The van der Waals surface area contributed by atoms with Crippen molar-refractivity contribution in [2.24, 2.45) is 0 Å². The third kappa shape index (κ3) is 2.65. The lowest BCUT2D eigenvalue weighted by molar-refractivity contribution is 0.0544. The predicted molar refractivity (Wildman–Crippen MR) is 69.0 cm³/mol. The first-order valence-corrected chi connectivity index (χ1v) is 5.83. The first-order valence-electron chi connectivity index (χ1n) is 5.83. The molecule has 0 saturated heterocycles. The second kappa shape index (κ2) is 4.50. The van der Waals surface area contributed by atoms with E-state index in [1.54, 1.807) is 45.0 Å². The van der Waals surface area contributed by atoms with Crippen molar-refractivity contribution in [1.29, 1.82) is 0 Å². The minimum Gasteiger partial charge on any atom is -0.443 e. The Bertz CT molecular complexity index is 652. The highest BCUT2D eigenvalue weighted by molar-refractivity contribution is 6.06. The molecule has 2 rings (SSSR count). The van der Waals surface area contributed by atoms with Crippen LogP contribution >= 0.6 is 0 Å². The Labute approximate surface area is 109 Å². The van der Waals surface area contributed by atoms with Crippen molar-refractivity contribution < 1.29 is 18.7 Å². The highest BCUT2D eigenvalue weighted by atomic mass is 19.1. The van der Waals surface area contributed by atoms with Crippen LogP contribution in [0, 0.1) is 0 Å². The molecule has 0 unspecified atom stereocenters. The Kier molecular flexibility index (Phi) is 3.14. The topological polar surface area (TPSA) is 48.3 Å². The summed E-state index contributed by atoms with van der Waals surface area (Å²) in [6, 6.07) is 5.03. The number of ether oxygens (including phenoxy) is 1. The van der Waals surface area contributed by atoms with E-state index >= 15 is 0 Å². The van der Waals surface area contributed by atoms with Gasteiger partial charge in [-0.1, -0.05) is 18.2 Å². The van der Waals surface area contributed by atoms with Crippen molar-refractivity contribution >= 4 is 23.0 Å². The first kappa shape index (κ1) is 13.3. The van der Waals surface area contributed by atoms with Crippen molar-refractivity contribution in [3.05, 3.63) is 36.0 Å². The van der Waals surface area contributed by atoms with Crippen LogP contribution in [0.5, 0.6) is 0 Å². The number of benzene rings is 1. The van der Waals surface area contributed by atoms with Crippen LogP contribution in [-0.4, -0.2) is 22.3 Å². The molecule has 5 heteroatoms. The van der Waals surface area contributed by atoms with E-state index in [0.717, 1.165) is 4.57 Å². The summed E-state index contributed by atoms with van der Waals surface area (Å²) in [6.07, 6.45) is 0.525. The molecular formula is C14H14FNO3. The third-order valence-electron chi connectivity index (χ3n) is 2.51. The molecule has 0 spiro atoms. The quantitative estimate of drug-likeness (QED) is 0.739. The van der Waals surface area contributed by atoms with Crippen LogP contribution in [0.15, 0.2) is 30.5 Å². The van der Waals surface area contributed by atoms with Gasteiger partial charge in [0, 0.05) is 11.6 Å². The van der Waals surface area contributed by atoms with Gasteiger partial charge in [0.15, 0.2) is 0 Å². The number of rotatable bonds is 1. The van der Waals surface area contributed by atoms with Gasteiger partial charge in [-0.05, 0) is 26.8 Å². The van der Waals surface area contributed by atoms with Crippen molar-refractivity contribution in [2.75, 3.05) is 0 Å². The Hall–Kier alpha value is -2.17. The van der Waals surface area contributed by atoms with Gasteiger partial charge in [-0.3, -0.25) is 9.36 Å². The number of halogens is 1. The summed E-state index contributed by atoms with van der Waals surface area (Å²) in [4.78, 5) is 23.0. The minimum atomic E-state index is -1.57. The molecule has 0 amide bonds. The number of para-hydroxylation sites is 1. The lowest BCUT2D eigenvalue weighted by atomic mass is 10.2. The summed E-state index contributed by atoms with van der Waals surface area (Å²) in [5.74, 6) is 0. The van der Waals surface area contributed by atoms with E-state index in [9.17, 15) is 14.0 Å². The van der Waals surface area contributed by atoms with Crippen molar-refractivity contribution in [1.82, 2.24) is 4.57 Å². The van der Waals surface area contributed by atoms with Gasteiger partial charge < -0.3 is 4.74 Å². The third-order valence-corrected chi connectivity index (χ3v) is 2.51. The van der Waals surface area contributed by atoms with E-state index in [1.807, 2.05) is 0 Å². The van der Waals surface area contributed by atoms with Crippen LogP contribution in [0.25, 0.3) is 10.9 Å². The molecule has 19 heavy (non-hydrogen) atoms. The molecule has 4 nitrogen and oxygen atoms in total. The lowest BCUT2D eigenvalue weighted by Gasteiger charge is -2.19. The molecular weight excluding hydrogens is 249 g/mol. The number of hydrogen-bond donors (Lipinski definition) is 0. The van der Waals surface area contributed by atoms with E-state index < -0.39 is 17.7 Å². The maximum absolute atomic E-state index is 13.0. The van der Waals surface area contributed by atoms with Gasteiger partial charge in [-0.25, -0.2) is 4.79 Å². The number of fused-ring (bicyclic) bond motifs is 1. The van der Waals surface area contributed by atoms with Crippen molar-refractivity contribution in [2.45, 2.75) is 26.4 Å². The van der Waals surface area contributed by atoms with Crippen LogP contribution in [-0.2, 0) is 4.74 Å². The second-order valence-electron chi connectivity index (χ2n) is 5.18. The van der Waals surface area contributed by atoms with Crippen LogP contribution in [0.4, 0.5) is 9.18 Å². The molecule has 1 heterocycles. The molecule has 0 aliphatic rings. The van der Waals surface area contributed by atoms with Gasteiger partial charge in [0.25, 0.3) is 0 Å². The van der Waals surface area contributed by atoms with Gasteiger partial charge in [-0.15, -0.1) is 0 Å². The van der Waals surface area contributed by atoms with Crippen LogP contribution in [0.1, 0.15) is 31.1 Å². The molecule has 2 aromatic rings. The molecule has 1 aromatic carbocycles. The smallest absolute Gasteiger partial charge is 0.419 e. The van der Waals surface area contributed by atoms with Crippen LogP contribution in [0.3, 0.4) is 0 Å². The molecule has 0 radical (unpaired) electrons. The molecule has 0 saturated carbocycles. The SMILES string of the molecule is CC(C)(C)OC(=O)n1cc(C(=O)F)c2ccccc21. The largest absolute Gasteiger partial charge is 0.443 e. The lowest BCUT2D eigenvalue weighted by Crippen LogP contribution is -2.26. The zero-order chi connectivity index (χ0) is 14.2. The Morgan fingerprint density at radius 2 is 1.84 bits per heavy atom. The molecule has 100 valence electrons. The first-order chi connectivity index (χ1) is 8.79. The summed E-state index contributed by atoms with van der Waals surface area (Å²) >= 11 is 0. The Morgan fingerprint density at radius 3 is 2.42 bits per heavy atom. The van der Waals surface area contributed by atoms with Gasteiger partial charge in [0.2, 0.25) is 0 Å². The summed E-state index contributed by atoms with van der Waals surface area (Å²) in [6.45, 7) is 5.20. The van der Waals surface area contributed by atoms with Gasteiger partial charge in [0.05, 0.1) is 11.1 Å². The fraction of sp³-hybridized carbons (Fsp3) is 0.286. The molecule has 1 aromatic heterocycles. The van der Waals surface area contributed by atoms with Gasteiger partial charge >= 0.3 is 12.1 Å². The molecule has 0 N–H and O–H groups in total.